The summed E-state index contributed by atoms with van der Waals surface area (Å²) in [7, 11) is 0. The first-order valence-electron chi connectivity index (χ1n) is 8.55. The molecule has 0 spiro atoms. The minimum Gasteiger partial charge on any atom is -0.452 e. The molecule has 1 aromatic heterocycles. The van der Waals surface area contributed by atoms with Crippen molar-refractivity contribution >= 4 is 39.9 Å². The average molecular weight is 411 g/mol. The lowest BCUT2D eigenvalue weighted by molar-refractivity contribution is -0.152. The van der Waals surface area contributed by atoms with Gasteiger partial charge in [-0.05, 0) is 31.2 Å². The van der Waals surface area contributed by atoms with Gasteiger partial charge in [-0.25, -0.2) is 5.10 Å². The molecule has 0 saturated carbocycles. The van der Waals surface area contributed by atoms with E-state index in [4.69, 9.17) is 21.6 Å². The number of aromatic amines is 1. The van der Waals surface area contributed by atoms with Gasteiger partial charge < -0.3 is 10.1 Å². The third-order valence-electron chi connectivity index (χ3n) is 4.12. The van der Waals surface area contributed by atoms with Gasteiger partial charge in [0.25, 0.3) is 11.5 Å². The maximum atomic E-state index is 12.3. The largest absolute Gasteiger partial charge is 0.452 e. The molecule has 1 unspecified atom stereocenters. The molecule has 0 aliphatic heterocycles. The Hall–Kier alpha value is -3.70. The number of nitrogens with zero attached hydrogens (tertiary/aromatic N) is 2. The van der Waals surface area contributed by atoms with Gasteiger partial charge in [0, 0.05) is 11.1 Å². The number of carbonyl (C=O) groups excluding carboxylic acids is 2. The van der Waals surface area contributed by atoms with Crippen molar-refractivity contribution < 1.29 is 14.3 Å². The standard InChI is InChI=1S/C20H15ClN4O4/c1-11(19(27)23-13-7-6-12(10-22)16(21)8-13)29-18(26)9-17-14-4-2-3-5-15(14)20(28)25-24-17/h2-8,11H,9H2,1H3,(H,23,27)(H,25,28). The van der Waals surface area contributed by atoms with Crippen molar-refractivity contribution in [3.8, 4) is 6.07 Å². The molecule has 3 aromatic rings. The Kier molecular flexibility index (Phi) is 5.90. The van der Waals surface area contributed by atoms with E-state index in [-0.39, 0.29) is 22.6 Å². The van der Waals surface area contributed by atoms with Crippen LogP contribution in [0.15, 0.2) is 47.3 Å². The van der Waals surface area contributed by atoms with Crippen LogP contribution in [0.1, 0.15) is 18.2 Å². The third-order valence-corrected chi connectivity index (χ3v) is 4.43. The molecule has 0 saturated heterocycles. The van der Waals surface area contributed by atoms with Crippen molar-refractivity contribution in [1.82, 2.24) is 10.2 Å². The van der Waals surface area contributed by atoms with Crippen molar-refractivity contribution in [2.75, 3.05) is 5.32 Å². The molecule has 8 nitrogen and oxygen atoms in total. The number of H-pyrrole nitrogens is 1. The lowest BCUT2D eigenvalue weighted by atomic mass is 10.1. The van der Waals surface area contributed by atoms with Gasteiger partial charge in [-0.15, -0.1) is 0 Å². The monoisotopic (exact) mass is 410 g/mol. The lowest BCUT2D eigenvalue weighted by Crippen LogP contribution is -2.30. The molecule has 0 fully saturated rings. The molecule has 3 rings (SSSR count). The maximum Gasteiger partial charge on any atom is 0.312 e. The SMILES string of the molecule is CC(OC(=O)Cc1n[nH]c(=O)c2ccccc12)C(=O)Nc1ccc(C#N)c(Cl)c1. The number of rotatable bonds is 5. The Morgan fingerprint density at radius 2 is 2.00 bits per heavy atom. The van der Waals surface area contributed by atoms with Crippen molar-refractivity contribution in [3.63, 3.8) is 0 Å². The molecule has 0 aliphatic rings. The predicted molar refractivity (Wildman–Crippen MR) is 106 cm³/mol. The van der Waals surface area contributed by atoms with E-state index in [1.807, 2.05) is 6.07 Å². The van der Waals surface area contributed by atoms with Gasteiger partial charge in [-0.1, -0.05) is 29.8 Å². The van der Waals surface area contributed by atoms with Gasteiger partial charge in [0.1, 0.15) is 6.07 Å². The van der Waals surface area contributed by atoms with Crippen LogP contribution in [0.2, 0.25) is 5.02 Å². The van der Waals surface area contributed by atoms with E-state index in [1.54, 1.807) is 24.3 Å². The number of amides is 1. The highest BCUT2D eigenvalue weighted by molar-refractivity contribution is 6.32. The normalized spacial score (nSPS) is 11.5. The summed E-state index contributed by atoms with van der Waals surface area (Å²) in [5.41, 5.74) is 0.642. The number of nitrogens with one attached hydrogen (secondary N) is 2. The number of nitriles is 1. The number of fused-ring (bicyclic) bond motifs is 1. The molecule has 146 valence electrons. The van der Waals surface area contributed by atoms with Crippen molar-refractivity contribution in [1.29, 1.82) is 5.26 Å². The average Bonchev–Trinajstić information content (AvgIpc) is 2.70. The van der Waals surface area contributed by atoms with E-state index < -0.39 is 18.0 Å². The molecule has 1 amide bonds. The number of halogens is 1. The van der Waals surface area contributed by atoms with Gasteiger partial charge in [0.15, 0.2) is 6.10 Å². The quantitative estimate of drug-likeness (QED) is 0.623. The summed E-state index contributed by atoms with van der Waals surface area (Å²) in [4.78, 5) is 36.3. The Morgan fingerprint density at radius 1 is 1.28 bits per heavy atom. The fraction of sp³-hybridized carbons (Fsp3) is 0.150. The van der Waals surface area contributed by atoms with Crippen LogP contribution in [0, 0.1) is 11.3 Å². The van der Waals surface area contributed by atoms with Gasteiger partial charge in [-0.2, -0.15) is 10.4 Å². The van der Waals surface area contributed by atoms with Crippen LogP contribution in [0.3, 0.4) is 0 Å². The van der Waals surface area contributed by atoms with E-state index in [0.717, 1.165) is 0 Å². The van der Waals surface area contributed by atoms with Crippen LogP contribution < -0.4 is 10.9 Å². The Morgan fingerprint density at radius 3 is 2.69 bits per heavy atom. The first-order valence-corrected chi connectivity index (χ1v) is 8.93. The molecule has 0 bridgehead atoms. The second-order valence-corrected chi connectivity index (χ2v) is 6.56. The molecule has 0 aliphatic carbocycles. The van der Waals surface area contributed by atoms with E-state index in [1.165, 1.54) is 25.1 Å². The zero-order chi connectivity index (χ0) is 21.0. The number of hydrogen-bond acceptors (Lipinski definition) is 6. The molecule has 1 heterocycles. The van der Waals surface area contributed by atoms with E-state index in [0.29, 0.717) is 22.2 Å². The highest BCUT2D eigenvalue weighted by Gasteiger charge is 2.20. The smallest absolute Gasteiger partial charge is 0.312 e. The number of anilines is 1. The highest BCUT2D eigenvalue weighted by Crippen LogP contribution is 2.20. The fourth-order valence-corrected chi connectivity index (χ4v) is 2.89. The number of benzene rings is 2. The molecule has 2 N–H and O–H groups in total. The third kappa shape index (κ3) is 4.59. The van der Waals surface area contributed by atoms with Crippen LogP contribution in [0.4, 0.5) is 5.69 Å². The summed E-state index contributed by atoms with van der Waals surface area (Å²) in [6.45, 7) is 1.43. The Labute approximate surface area is 170 Å². The molecular weight excluding hydrogens is 396 g/mol. The number of ether oxygens (including phenoxy) is 1. The number of esters is 1. The highest BCUT2D eigenvalue weighted by atomic mass is 35.5. The molecule has 1 atom stereocenters. The van der Waals surface area contributed by atoms with E-state index in [9.17, 15) is 14.4 Å². The lowest BCUT2D eigenvalue weighted by Gasteiger charge is -2.14. The number of hydrogen-bond donors (Lipinski definition) is 2. The summed E-state index contributed by atoms with van der Waals surface area (Å²) in [6, 6.07) is 13.1. The zero-order valence-electron chi connectivity index (χ0n) is 15.2. The molecule has 29 heavy (non-hydrogen) atoms. The molecule has 9 heteroatoms. The first-order chi connectivity index (χ1) is 13.9. The second-order valence-electron chi connectivity index (χ2n) is 6.15. The topological polar surface area (TPSA) is 125 Å². The van der Waals surface area contributed by atoms with Crippen LogP contribution in [0.25, 0.3) is 10.8 Å². The van der Waals surface area contributed by atoms with Crippen LogP contribution in [-0.4, -0.2) is 28.2 Å². The molecule has 0 radical (unpaired) electrons. The van der Waals surface area contributed by atoms with Crippen LogP contribution in [0.5, 0.6) is 0 Å². The van der Waals surface area contributed by atoms with Crippen molar-refractivity contribution in [3.05, 3.63) is 69.1 Å². The minimum absolute atomic E-state index is 0.200. The number of carbonyl (C=O) groups is 2. The van der Waals surface area contributed by atoms with E-state index in [2.05, 4.69) is 15.5 Å². The summed E-state index contributed by atoms with van der Waals surface area (Å²) < 4.78 is 5.17. The number of aromatic nitrogens is 2. The first kappa shape index (κ1) is 20.0. The van der Waals surface area contributed by atoms with Gasteiger partial charge in [-0.3, -0.25) is 14.4 Å². The van der Waals surface area contributed by atoms with Crippen molar-refractivity contribution in [2.45, 2.75) is 19.4 Å². The Balaban J connectivity index is 1.66. The van der Waals surface area contributed by atoms with Gasteiger partial charge in [0.05, 0.1) is 28.1 Å². The summed E-state index contributed by atoms with van der Waals surface area (Å²) >= 11 is 5.93. The Bertz CT molecular complexity index is 1200. The van der Waals surface area contributed by atoms with E-state index >= 15 is 0 Å². The van der Waals surface area contributed by atoms with Crippen LogP contribution >= 0.6 is 11.6 Å². The van der Waals surface area contributed by atoms with Gasteiger partial charge >= 0.3 is 5.97 Å². The molecular formula is C20H15ClN4O4. The predicted octanol–water partition coefficient (Wildman–Crippen LogP) is 2.56. The fourth-order valence-electron chi connectivity index (χ4n) is 2.66. The van der Waals surface area contributed by atoms with Crippen molar-refractivity contribution in [2.24, 2.45) is 0 Å². The van der Waals surface area contributed by atoms with Gasteiger partial charge in [0.2, 0.25) is 0 Å². The summed E-state index contributed by atoms with van der Waals surface area (Å²) in [5.74, 6) is -1.23. The molecule has 2 aromatic carbocycles. The minimum atomic E-state index is -1.08. The zero-order valence-corrected chi connectivity index (χ0v) is 16.0. The summed E-state index contributed by atoms with van der Waals surface area (Å²) in [5, 5.41) is 18.9. The van der Waals surface area contributed by atoms with Crippen LogP contribution in [-0.2, 0) is 20.7 Å². The maximum absolute atomic E-state index is 12.3. The second kappa shape index (κ2) is 8.54. The summed E-state index contributed by atoms with van der Waals surface area (Å²) in [6.07, 6.45) is -1.29.